The van der Waals surface area contributed by atoms with Gasteiger partial charge in [0.05, 0.1) is 19.3 Å². The van der Waals surface area contributed by atoms with E-state index >= 15 is 0 Å². The molecule has 0 atom stereocenters. The zero-order valence-electron chi connectivity index (χ0n) is 14.0. The Balaban J connectivity index is 1.82. The molecule has 0 aromatic carbocycles. The van der Waals surface area contributed by atoms with Crippen molar-refractivity contribution >= 4 is 5.96 Å². The summed E-state index contributed by atoms with van der Waals surface area (Å²) in [5.41, 5.74) is 1.99. The molecule has 0 radical (unpaired) electrons. The maximum atomic E-state index is 5.29. The van der Waals surface area contributed by atoms with Gasteiger partial charge in [0.25, 0.3) is 0 Å². The number of ether oxygens (including phenoxy) is 1. The van der Waals surface area contributed by atoms with E-state index in [1.165, 1.54) is 0 Å². The highest BCUT2D eigenvalue weighted by Crippen LogP contribution is 2.13. The number of nitrogens with one attached hydrogen (secondary N) is 2. The van der Waals surface area contributed by atoms with E-state index in [1.54, 1.807) is 20.4 Å². The normalized spacial score (nSPS) is 11.6. The molecule has 124 valence electrons. The number of nitrogens with zero attached hydrogens (tertiary/aromatic N) is 3. The van der Waals surface area contributed by atoms with Crippen LogP contribution in [0.1, 0.15) is 36.8 Å². The fourth-order valence-corrected chi connectivity index (χ4v) is 1.90. The topological polar surface area (TPSA) is 84.6 Å². The van der Waals surface area contributed by atoms with Gasteiger partial charge in [-0.1, -0.05) is 25.1 Å². The third-order valence-electron chi connectivity index (χ3n) is 3.29. The highest BCUT2D eigenvalue weighted by molar-refractivity contribution is 5.79. The average Bonchev–Trinajstić information content (AvgIpc) is 3.05. The van der Waals surface area contributed by atoms with Gasteiger partial charge in [-0.05, 0) is 11.5 Å². The quantitative estimate of drug-likeness (QED) is 0.627. The first-order chi connectivity index (χ1) is 11.1. The summed E-state index contributed by atoms with van der Waals surface area (Å²) in [6, 6.07) is 5.74. The smallest absolute Gasteiger partial charge is 0.212 e. The summed E-state index contributed by atoms with van der Waals surface area (Å²) < 4.78 is 10.3. The lowest BCUT2D eigenvalue weighted by Gasteiger charge is -2.10. The van der Waals surface area contributed by atoms with Crippen LogP contribution in [0.4, 0.5) is 0 Å². The highest BCUT2D eigenvalue weighted by Gasteiger charge is 2.08. The van der Waals surface area contributed by atoms with Crippen molar-refractivity contribution in [1.82, 2.24) is 20.8 Å². The summed E-state index contributed by atoms with van der Waals surface area (Å²) in [6.45, 7) is 5.31. The van der Waals surface area contributed by atoms with Gasteiger partial charge in [0.2, 0.25) is 5.88 Å². The summed E-state index contributed by atoms with van der Waals surface area (Å²) >= 11 is 0. The molecule has 0 saturated carbocycles. The molecule has 2 heterocycles. The van der Waals surface area contributed by atoms with E-state index in [9.17, 15) is 0 Å². The van der Waals surface area contributed by atoms with Crippen molar-refractivity contribution in [3.05, 3.63) is 41.4 Å². The third kappa shape index (κ3) is 4.98. The molecule has 0 saturated heterocycles. The van der Waals surface area contributed by atoms with Gasteiger partial charge >= 0.3 is 0 Å². The number of hydrogen-bond donors (Lipinski definition) is 2. The van der Waals surface area contributed by atoms with Crippen LogP contribution in [0.3, 0.4) is 0 Å². The Morgan fingerprint density at radius 3 is 2.65 bits per heavy atom. The Morgan fingerprint density at radius 1 is 1.30 bits per heavy atom. The Kier molecular flexibility index (Phi) is 5.96. The van der Waals surface area contributed by atoms with Gasteiger partial charge in [0, 0.05) is 31.9 Å². The van der Waals surface area contributed by atoms with Crippen molar-refractivity contribution in [2.45, 2.75) is 32.9 Å². The molecule has 23 heavy (non-hydrogen) atoms. The monoisotopic (exact) mass is 317 g/mol. The lowest BCUT2D eigenvalue weighted by molar-refractivity contribution is 0.372. The Bertz CT molecular complexity index is 634. The molecular weight excluding hydrogens is 294 g/mol. The molecule has 0 aliphatic rings. The van der Waals surface area contributed by atoms with Gasteiger partial charge in [-0.3, -0.25) is 4.99 Å². The Morgan fingerprint density at radius 2 is 2.09 bits per heavy atom. The first-order valence-corrected chi connectivity index (χ1v) is 7.51. The lowest BCUT2D eigenvalue weighted by atomic mass is 10.1. The van der Waals surface area contributed by atoms with E-state index in [0.29, 0.717) is 30.8 Å². The predicted molar refractivity (Wildman–Crippen MR) is 88.4 cm³/mol. The van der Waals surface area contributed by atoms with Crippen molar-refractivity contribution in [2.24, 2.45) is 4.99 Å². The van der Waals surface area contributed by atoms with Gasteiger partial charge in [-0.2, -0.15) is 0 Å². The lowest BCUT2D eigenvalue weighted by Crippen LogP contribution is -2.36. The second kappa shape index (κ2) is 8.17. The van der Waals surface area contributed by atoms with Crippen LogP contribution in [0.2, 0.25) is 0 Å². The SMILES string of the molecule is CN=C(NCc1ccc(OC)nc1)NCc1cc(C(C)C)no1. The van der Waals surface area contributed by atoms with E-state index < -0.39 is 0 Å². The summed E-state index contributed by atoms with van der Waals surface area (Å²) in [7, 11) is 3.32. The minimum Gasteiger partial charge on any atom is -0.481 e. The second-order valence-electron chi connectivity index (χ2n) is 5.36. The van der Waals surface area contributed by atoms with Gasteiger partial charge in [0.1, 0.15) is 0 Å². The van der Waals surface area contributed by atoms with E-state index in [-0.39, 0.29) is 0 Å². The molecule has 2 rings (SSSR count). The van der Waals surface area contributed by atoms with Gasteiger partial charge in [-0.15, -0.1) is 0 Å². The first-order valence-electron chi connectivity index (χ1n) is 7.51. The molecule has 0 aliphatic heterocycles. The van der Waals surface area contributed by atoms with Crippen molar-refractivity contribution < 1.29 is 9.26 Å². The molecular formula is C16H23N5O2. The zero-order valence-corrected chi connectivity index (χ0v) is 14.0. The molecule has 2 aromatic rings. The number of aromatic nitrogens is 2. The molecule has 0 bridgehead atoms. The van der Waals surface area contributed by atoms with Crippen LogP contribution in [0.15, 0.2) is 33.9 Å². The number of pyridine rings is 1. The Hall–Kier alpha value is -2.57. The number of rotatable bonds is 6. The molecule has 0 aliphatic carbocycles. The van der Waals surface area contributed by atoms with Crippen molar-refractivity contribution in [3.8, 4) is 5.88 Å². The highest BCUT2D eigenvalue weighted by atomic mass is 16.5. The molecule has 7 nitrogen and oxygen atoms in total. The van der Waals surface area contributed by atoms with Crippen LogP contribution < -0.4 is 15.4 Å². The maximum absolute atomic E-state index is 5.29. The standard InChI is InChI=1S/C16H23N5O2/c1-11(2)14-7-13(23-21-14)10-20-16(17-3)19-9-12-5-6-15(22-4)18-8-12/h5-8,11H,9-10H2,1-4H3,(H2,17,19,20). The minimum atomic E-state index is 0.354. The molecule has 0 unspecified atom stereocenters. The first kappa shape index (κ1) is 16.8. The number of hydrogen-bond acceptors (Lipinski definition) is 5. The van der Waals surface area contributed by atoms with Crippen molar-refractivity contribution in [1.29, 1.82) is 0 Å². The van der Waals surface area contributed by atoms with E-state index in [0.717, 1.165) is 17.0 Å². The van der Waals surface area contributed by atoms with E-state index in [1.807, 2.05) is 18.2 Å². The van der Waals surface area contributed by atoms with Crippen LogP contribution in [-0.4, -0.2) is 30.3 Å². The molecule has 0 fully saturated rings. The fourth-order valence-electron chi connectivity index (χ4n) is 1.90. The molecule has 7 heteroatoms. The molecule has 2 N–H and O–H groups in total. The van der Waals surface area contributed by atoms with Crippen LogP contribution in [0.5, 0.6) is 5.88 Å². The van der Waals surface area contributed by atoms with Crippen LogP contribution in [0, 0.1) is 0 Å². The molecule has 0 amide bonds. The maximum Gasteiger partial charge on any atom is 0.212 e. The van der Waals surface area contributed by atoms with Gasteiger partial charge in [0.15, 0.2) is 11.7 Å². The Labute approximate surface area is 136 Å². The number of aliphatic imine (C=N–C) groups is 1. The van der Waals surface area contributed by atoms with Crippen LogP contribution in [0.25, 0.3) is 0 Å². The largest absolute Gasteiger partial charge is 0.481 e. The van der Waals surface area contributed by atoms with Crippen molar-refractivity contribution in [3.63, 3.8) is 0 Å². The predicted octanol–water partition coefficient (Wildman–Crippen LogP) is 2.07. The van der Waals surface area contributed by atoms with E-state index in [4.69, 9.17) is 9.26 Å². The van der Waals surface area contributed by atoms with Crippen LogP contribution in [-0.2, 0) is 13.1 Å². The summed E-state index contributed by atoms with van der Waals surface area (Å²) in [5.74, 6) is 2.42. The van der Waals surface area contributed by atoms with Crippen LogP contribution >= 0.6 is 0 Å². The number of methoxy groups -OCH3 is 1. The fraction of sp³-hybridized carbons (Fsp3) is 0.438. The third-order valence-corrected chi connectivity index (χ3v) is 3.29. The van der Waals surface area contributed by atoms with Gasteiger partial charge < -0.3 is 19.9 Å². The van der Waals surface area contributed by atoms with Crippen molar-refractivity contribution in [2.75, 3.05) is 14.2 Å². The van der Waals surface area contributed by atoms with Gasteiger partial charge in [-0.25, -0.2) is 4.98 Å². The molecule has 0 spiro atoms. The second-order valence-corrected chi connectivity index (χ2v) is 5.36. The molecule has 2 aromatic heterocycles. The summed E-state index contributed by atoms with van der Waals surface area (Å²) in [5, 5.41) is 10.4. The summed E-state index contributed by atoms with van der Waals surface area (Å²) in [6.07, 6.45) is 1.77. The number of guanidine groups is 1. The average molecular weight is 317 g/mol. The zero-order chi connectivity index (χ0) is 16.7. The van der Waals surface area contributed by atoms with E-state index in [2.05, 4.69) is 39.6 Å². The summed E-state index contributed by atoms with van der Waals surface area (Å²) in [4.78, 5) is 8.35. The minimum absolute atomic E-state index is 0.354.